The van der Waals surface area contributed by atoms with Crippen LogP contribution < -0.4 is 0 Å². The van der Waals surface area contributed by atoms with Crippen molar-refractivity contribution in [3.8, 4) is 0 Å². The maximum absolute atomic E-state index is 10.4. The molecule has 0 N–H and O–H groups in total. The Kier molecular flexibility index (Phi) is 3.29. The van der Waals surface area contributed by atoms with Crippen LogP contribution in [0.5, 0.6) is 0 Å². The van der Waals surface area contributed by atoms with Gasteiger partial charge in [0.15, 0.2) is 14.8 Å². The molecule has 90 valence electrons. The number of rotatable bonds is 7. The first kappa shape index (κ1) is 12.2. The standard InChI is InChI=1S/C5H7N3O8/c9-6(10)5(7(11)12,8(13)14)3-15-1-4-2-16-4/h4H,1-3H2. The predicted octanol–water partition coefficient (Wildman–Crippen LogP) is -1.11. The summed E-state index contributed by atoms with van der Waals surface area (Å²) in [4.78, 5) is 26.5. The highest BCUT2D eigenvalue weighted by Crippen LogP contribution is 2.15. The molecule has 16 heavy (non-hydrogen) atoms. The van der Waals surface area contributed by atoms with E-state index in [1.54, 1.807) is 0 Å². The lowest BCUT2D eigenvalue weighted by atomic mass is 10.4. The summed E-state index contributed by atoms with van der Waals surface area (Å²) in [6.45, 7) is -1.00. The van der Waals surface area contributed by atoms with Crippen LogP contribution in [0.2, 0.25) is 0 Å². The molecule has 1 atom stereocenters. The van der Waals surface area contributed by atoms with Crippen LogP contribution >= 0.6 is 0 Å². The molecule has 0 amide bonds. The molecule has 0 bridgehead atoms. The molecule has 0 aromatic rings. The van der Waals surface area contributed by atoms with Crippen LogP contribution in [0.15, 0.2) is 0 Å². The van der Waals surface area contributed by atoms with Gasteiger partial charge < -0.3 is 9.47 Å². The summed E-state index contributed by atoms with van der Waals surface area (Å²) in [5, 5.41) is 31.2. The van der Waals surface area contributed by atoms with Gasteiger partial charge in [-0.05, 0) is 0 Å². The number of nitro groups is 3. The predicted molar refractivity (Wildman–Crippen MR) is 44.3 cm³/mol. The number of nitrogens with zero attached hydrogens (tertiary/aromatic N) is 3. The van der Waals surface area contributed by atoms with Gasteiger partial charge in [-0.1, -0.05) is 0 Å². The van der Waals surface area contributed by atoms with Crippen LogP contribution in [-0.4, -0.2) is 46.5 Å². The summed E-state index contributed by atoms with van der Waals surface area (Å²) in [5.41, 5.74) is 0. The molecule has 0 aliphatic carbocycles. The van der Waals surface area contributed by atoms with E-state index in [1.807, 2.05) is 0 Å². The van der Waals surface area contributed by atoms with Gasteiger partial charge in [-0.25, -0.2) is 0 Å². The van der Waals surface area contributed by atoms with E-state index in [2.05, 4.69) is 9.47 Å². The number of epoxide rings is 1. The molecule has 1 unspecified atom stereocenters. The van der Waals surface area contributed by atoms with Crippen molar-refractivity contribution in [1.82, 2.24) is 0 Å². The fourth-order valence-electron chi connectivity index (χ4n) is 0.850. The Morgan fingerprint density at radius 1 is 1.19 bits per heavy atom. The Labute approximate surface area is 87.4 Å². The highest BCUT2D eigenvalue weighted by Gasteiger charge is 2.71. The van der Waals surface area contributed by atoms with Crippen molar-refractivity contribution in [3.63, 3.8) is 0 Å². The highest BCUT2D eigenvalue weighted by molar-refractivity contribution is 4.67. The van der Waals surface area contributed by atoms with E-state index in [0.29, 0.717) is 6.61 Å². The smallest absolute Gasteiger partial charge is 0.371 e. The van der Waals surface area contributed by atoms with Crippen LogP contribution in [0.25, 0.3) is 0 Å². The summed E-state index contributed by atoms with van der Waals surface area (Å²) >= 11 is 0. The van der Waals surface area contributed by atoms with Crippen molar-refractivity contribution < 1.29 is 24.2 Å². The summed E-state index contributed by atoms with van der Waals surface area (Å²) in [7, 11) is 0. The zero-order chi connectivity index (χ0) is 12.3. The second-order valence-electron chi connectivity index (χ2n) is 3.02. The summed E-state index contributed by atoms with van der Waals surface area (Å²) in [6, 6.07) is 0. The summed E-state index contributed by atoms with van der Waals surface area (Å²) < 4.78 is 9.23. The topological polar surface area (TPSA) is 151 Å². The SMILES string of the molecule is O=[N+]([O-])C(COCC1CO1)([N+](=O)[O-])[N+](=O)[O-]. The minimum absolute atomic E-state index is 0.142. The van der Waals surface area contributed by atoms with Crippen LogP contribution in [0, 0.1) is 30.3 Å². The third-order valence-electron chi connectivity index (χ3n) is 1.88. The molecule has 0 saturated carbocycles. The van der Waals surface area contributed by atoms with Crippen LogP contribution in [0.4, 0.5) is 0 Å². The van der Waals surface area contributed by atoms with Crippen LogP contribution in [-0.2, 0) is 9.47 Å². The Balaban J connectivity index is 2.70. The van der Waals surface area contributed by atoms with Crippen molar-refractivity contribution in [2.24, 2.45) is 0 Å². The molecule has 0 radical (unpaired) electrons. The Morgan fingerprint density at radius 3 is 1.94 bits per heavy atom. The molecule has 1 rings (SSSR count). The minimum atomic E-state index is -3.55. The first-order valence-corrected chi connectivity index (χ1v) is 4.04. The molecular weight excluding hydrogens is 230 g/mol. The fraction of sp³-hybridized carbons (Fsp3) is 1.00. The molecule has 0 aromatic heterocycles. The van der Waals surface area contributed by atoms with Crippen LogP contribution in [0.3, 0.4) is 0 Å². The zero-order valence-corrected chi connectivity index (χ0v) is 7.81. The van der Waals surface area contributed by atoms with Crippen molar-refractivity contribution in [3.05, 3.63) is 30.3 Å². The molecule has 1 aliphatic rings. The largest absolute Gasteiger partial charge is 0.723 e. The minimum Gasteiger partial charge on any atom is -0.371 e. The third-order valence-corrected chi connectivity index (χ3v) is 1.88. The molecule has 0 aromatic carbocycles. The van der Waals surface area contributed by atoms with Crippen molar-refractivity contribution in [2.45, 2.75) is 11.9 Å². The Bertz CT molecular complexity index is 290. The molecular formula is C5H7N3O8. The number of hydrogen-bond acceptors (Lipinski definition) is 8. The first-order valence-electron chi connectivity index (χ1n) is 4.04. The van der Waals surface area contributed by atoms with Gasteiger partial charge in [-0.2, -0.15) is 0 Å². The quantitative estimate of drug-likeness (QED) is 0.234. The summed E-state index contributed by atoms with van der Waals surface area (Å²) in [6.07, 6.45) is -0.289. The fourth-order valence-corrected chi connectivity index (χ4v) is 0.850. The van der Waals surface area contributed by atoms with Crippen molar-refractivity contribution in [2.75, 3.05) is 19.8 Å². The van der Waals surface area contributed by atoms with Gasteiger partial charge in [0.05, 0.1) is 13.2 Å². The van der Waals surface area contributed by atoms with Gasteiger partial charge >= 0.3 is 5.79 Å². The first-order chi connectivity index (χ1) is 7.41. The Hall–Kier alpha value is -1.88. The second-order valence-corrected chi connectivity index (χ2v) is 3.02. The van der Waals surface area contributed by atoms with Crippen molar-refractivity contribution >= 4 is 0 Å². The Morgan fingerprint density at radius 2 is 1.62 bits per heavy atom. The average molecular weight is 237 g/mol. The van der Waals surface area contributed by atoms with E-state index in [1.165, 1.54) is 0 Å². The zero-order valence-electron chi connectivity index (χ0n) is 7.81. The molecule has 1 saturated heterocycles. The molecule has 1 heterocycles. The second kappa shape index (κ2) is 4.32. The average Bonchev–Trinajstić information content (AvgIpc) is 2.93. The lowest BCUT2D eigenvalue weighted by Crippen LogP contribution is -2.56. The monoisotopic (exact) mass is 237 g/mol. The normalized spacial score (nSPS) is 19.1. The molecule has 1 fully saturated rings. The van der Waals surface area contributed by atoms with E-state index in [4.69, 9.17) is 0 Å². The third kappa shape index (κ3) is 2.20. The van der Waals surface area contributed by atoms with E-state index >= 15 is 0 Å². The van der Waals surface area contributed by atoms with Gasteiger partial charge in [0.25, 0.3) is 6.61 Å². The van der Waals surface area contributed by atoms with Crippen LogP contribution in [0.1, 0.15) is 0 Å². The lowest BCUT2D eigenvalue weighted by Gasteiger charge is -2.08. The molecule has 11 nitrogen and oxygen atoms in total. The van der Waals surface area contributed by atoms with E-state index < -0.39 is 27.2 Å². The summed E-state index contributed by atoms with van der Waals surface area (Å²) in [5.74, 6) is -3.55. The maximum Gasteiger partial charge on any atom is 0.723 e. The molecule has 0 spiro atoms. The van der Waals surface area contributed by atoms with E-state index in [-0.39, 0.29) is 12.7 Å². The number of hydrogen-bond donors (Lipinski definition) is 0. The van der Waals surface area contributed by atoms with Gasteiger partial charge in [-0.15, -0.1) is 0 Å². The van der Waals surface area contributed by atoms with Gasteiger partial charge in [0.2, 0.25) is 0 Å². The number of ether oxygens (including phenoxy) is 2. The van der Waals surface area contributed by atoms with E-state index in [0.717, 1.165) is 0 Å². The lowest BCUT2D eigenvalue weighted by molar-refractivity contribution is -0.970. The molecule has 1 aliphatic heterocycles. The van der Waals surface area contributed by atoms with Gasteiger partial charge in [0, 0.05) is 0 Å². The van der Waals surface area contributed by atoms with E-state index in [9.17, 15) is 30.3 Å². The van der Waals surface area contributed by atoms with Gasteiger partial charge in [-0.3, -0.25) is 30.3 Å². The maximum atomic E-state index is 10.4. The highest BCUT2D eigenvalue weighted by atomic mass is 16.7. The molecule has 11 heteroatoms. The van der Waals surface area contributed by atoms with Gasteiger partial charge in [0.1, 0.15) is 6.10 Å². The van der Waals surface area contributed by atoms with Crippen molar-refractivity contribution in [1.29, 1.82) is 0 Å².